The average Bonchev–Trinajstić information content (AvgIpc) is 3.22. The normalized spacial score (nSPS) is 28.9. The molecule has 0 radical (unpaired) electrons. The van der Waals surface area contributed by atoms with Crippen molar-refractivity contribution < 1.29 is 23.3 Å². The molecule has 1 saturated carbocycles. The molecule has 0 unspecified atom stereocenters. The van der Waals surface area contributed by atoms with Crippen LogP contribution in [0.15, 0.2) is 71.5 Å². The highest BCUT2D eigenvalue weighted by molar-refractivity contribution is 7.92. The molecule has 258 valence electrons. The molecule has 3 aromatic rings. The van der Waals surface area contributed by atoms with Crippen molar-refractivity contribution in [3.05, 3.63) is 94.5 Å². The van der Waals surface area contributed by atoms with Gasteiger partial charge in [0.15, 0.2) is 0 Å². The Morgan fingerprint density at radius 2 is 2.08 bits per heavy atom. The van der Waals surface area contributed by atoms with Crippen LogP contribution in [0, 0.1) is 11.8 Å². The van der Waals surface area contributed by atoms with Crippen LogP contribution in [0.1, 0.15) is 65.7 Å². The standard InChI is InChI=1S/C37H42ClN5O5S/c1-47-33-7-3-2-4-17-49(46,41-35(44)20-29-21-39-15-16-40-29)42-36(45)26-9-13-34-32(19-26)43(22-27-8-11-30(27)33)23-37(24-48-34)14-5-6-25-18-28(38)10-12-31(25)37/h3,7,9-10,12-13,15-16,18-19,21,27,30,33H,2,4-6,8,11,14,17,20,22-24H2,1H3,(H,41,42,44,45,46)/b7-3+/t27-,30+,33-,37-,49+/m0/s1. The number of ether oxygens (including phenoxy) is 2. The maximum Gasteiger partial charge on any atom is 0.286 e. The largest absolute Gasteiger partial charge is 0.490 e. The second-order valence-electron chi connectivity index (χ2n) is 13.7. The number of rotatable bonds is 4. The SMILES string of the molecule is CO[C@H]1/C=C/CCC[S@@](=O)(NC(=O)Cc2cnccn2)=NC(=O)c2ccc3c(c2)N(C[C@@H]2CC[C@H]21)C[C@@]1(CCCc2cc(Cl)ccc21)CO3. The van der Waals surface area contributed by atoms with Crippen LogP contribution in [0.4, 0.5) is 5.69 Å². The molecular weight excluding hydrogens is 662 g/mol. The van der Waals surface area contributed by atoms with E-state index in [2.05, 4.69) is 48.2 Å². The highest BCUT2D eigenvalue weighted by Gasteiger charge is 2.44. The molecule has 7 rings (SSSR count). The molecule has 49 heavy (non-hydrogen) atoms. The van der Waals surface area contributed by atoms with E-state index in [1.54, 1.807) is 13.2 Å². The Kier molecular flexibility index (Phi) is 9.77. The highest BCUT2D eigenvalue weighted by Crippen LogP contribution is 2.47. The molecule has 1 N–H and O–H groups in total. The Morgan fingerprint density at radius 3 is 2.88 bits per heavy atom. The number of amides is 2. The van der Waals surface area contributed by atoms with Gasteiger partial charge in [0.1, 0.15) is 15.7 Å². The van der Waals surface area contributed by atoms with Crippen LogP contribution in [-0.4, -0.2) is 64.7 Å². The summed E-state index contributed by atoms with van der Waals surface area (Å²) in [7, 11) is -1.70. The van der Waals surface area contributed by atoms with Gasteiger partial charge in [-0.25, -0.2) is 4.21 Å². The van der Waals surface area contributed by atoms with Gasteiger partial charge >= 0.3 is 0 Å². The summed E-state index contributed by atoms with van der Waals surface area (Å²) < 4.78 is 33.6. The van der Waals surface area contributed by atoms with E-state index in [1.165, 1.54) is 29.7 Å². The first-order valence-electron chi connectivity index (χ1n) is 17.1. The van der Waals surface area contributed by atoms with E-state index in [1.807, 2.05) is 18.2 Å². The maximum absolute atomic E-state index is 14.2. The number of carbonyl (C=O) groups is 2. The van der Waals surface area contributed by atoms with Crippen LogP contribution in [0.3, 0.4) is 0 Å². The van der Waals surface area contributed by atoms with Crippen LogP contribution in [0.25, 0.3) is 0 Å². The lowest BCUT2D eigenvalue weighted by molar-refractivity contribution is -0.118. The fourth-order valence-corrected chi connectivity index (χ4v) is 9.71. The smallest absolute Gasteiger partial charge is 0.286 e. The molecule has 2 bridgehead atoms. The number of carbonyl (C=O) groups excluding carboxylic acids is 2. The van der Waals surface area contributed by atoms with Gasteiger partial charge in [-0.1, -0.05) is 29.8 Å². The minimum Gasteiger partial charge on any atom is -0.490 e. The zero-order valence-electron chi connectivity index (χ0n) is 27.7. The first kappa shape index (κ1) is 33.7. The number of hydrogen-bond acceptors (Lipinski definition) is 8. The Morgan fingerprint density at radius 1 is 1.18 bits per heavy atom. The number of aromatic nitrogens is 2. The Labute approximate surface area is 293 Å². The van der Waals surface area contributed by atoms with Crippen LogP contribution < -0.4 is 14.4 Å². The van der Waals surface area contributed by atoms with Gasteiger partial charge in [-0.05, 0) is 98.2 Å². The third-order valence-electron chi connectivity index (χ3n) is 10.5. The molecule has 3 heterocycles. The monoisotopic (exact) mass is 703 g/mol. The number of nitrogens with zero attached hydrogens (tertiary/aromatic N) is 4. The van der Waals surface area contributed by atoms with E-state index >= 15 is 0 Å². The van der Waals surface area contributed by atoms with E-state index in [0.29, 0.717) is 48.3 Å². The predicted molar refractivity (Wildman–Crippen MR) is 189 cm³/mol. The summed E-state index contributed by atoms with van der Waals surface area (Å²) >= 11 is 6.44. The Balaban J connectivity index is 1.27. The minimum atomic E-state index is -3.46. The molecule has 4 aliphatic rings. The molecule has 2 amide bonds. The number of anilines is 1. The van der Waals surface area contributed by atoms with E-state index in [4.69, 9.17) is 21.1 Å². The maximum atomic E-state index is 14.2. The third kappa shape index (κ3) is 7.25. The van der Waals surface area contributed by atoms with E-state index in [-0.39, 0.29) is 23.7 Å². The second-order valence-corrected chi connectivity index (χ2v) is 16.2. The molecule has 2 aliphatic carbocycles. The number of hydrogen-bond donors (Lipinski definition) is 1. The summed E-state index contributed by atoms with van der Waals surface area (Å²) in [6.07, 6.45) is 14.7. The number of halogens is 1. The van der Waals surface area contributed by atoms with Gasteiger partial charge in [0, 0.05) is 54.8 Å². The molecule has 12 heteroatoms. The van der Waals surface area contributed by atoms with E-state index < -0.39 is 21.7 Å². The lowest BCUT2D eigenvalue weighted by Crippen LogP contribution is -2.49. The second kappa shape index (κ2) is 14.2. The zero-order chi connectivity index (χ0) is 34.0. The molecule has 0 saturated heterocycles. The van der Waals surface area contributed by atoms with Gasteiger partial charge in [-0.15, -0.1) is 4.36 Å². The van der Waals surface area contributed by atoms with E-state index in [0.717, 1.165) is 55.9 Å². The topological polar surface area (TPSA) is 123 Å². The molecule has 5 atom stereocenters. The van der Waals surface area contributed by atoms with Crippen molar-refractivity contribution in [1.29, 1.82) is 0 Å². The lowest BCUT2D eigenvalue weighted by atomic mass is 9.68. The van der Waals surface area contributed by atoms with Gasteiger partial charge in [-0.2, -0.15) is 0 Å². The minimum absolute atomic E-state index is 0.0190. The number of nitrogens with one attached hydrogen (secondary N) is 1. The van der Waals surface area contributed by atoms with Gasteiger partial charge in [-0.3, -0.25) is 24.3 Å². The quantitative estimate of drug-likeness (QED) is 0.335. The number of benzene rings is 2. The Bertz CT molecular complexity index is 1880. The average molecular weight is 704 g/mol. The van der Waals surface area contributed by atoms with Crippen molar-refractivity contribution in [1.82, 2.24) is 14.7 Å². The number of methoxy groups -OCH3 is 1. The Hall–Kier alpha value is -3.80. The van der Waals surface area contributed by atoms with Gasteiger partial charge in [0.25, 0.3) is 5.91 Å². The molecular formula is C37H42ClN5O5S. The number of allylic oxidation sites excluding steroid dienone is 1. The van der Waals surface area contributed by atoms with Crippen LogP contribution in [0.5, 0.6) is 5.75 Å². The molecule has 2 aromatic carbocycles. The summed E-state index contributed by atoms with van der Waals surface area (Å²) in [6.45, 7) is 2.00. The zero-order valence-corrected chi connectivity index (χ0v) is 29.3. The molecule has 1 aromatic heterocycles. The summed E-state index contributed by atoms with van der Waals surface area (Å²) in [5.74, 6) is 0.278. The summed E-state index contributed by atoms with van der Waals surface area (Å²) in [6, 6.07) is 11.5. The highest BCUT2D eigenvalue weighted by atomic mass is 35.5. The van der Waals surface area contributed by atoms with Crippen molar-refractivity contribution in [2.24, 2.45) is 16.2 Å². The van der Waals surface area contributed by atoms with Crippen molar-refractivity contribution in [2.45, 2.75) is 62.9 Å². The van der Waals surface area contributed by atoms with E-state index in [9.17, 15) is 13.8 Å². The van der Waals surface area contributed by atoms with Crippen LogP contribution in [-0.2, 0) is 37.7 Å². The summed E-state index contributed by atoms with van der Waals surface area (Å²) in [5.41, 5.74) is 3.82. The van der Waals surface area contributed by atoms with Gasteiger partial charge < -0.3 is 14.4 Å². The first-order chi connectivity index (χ1) is 23.7. The molecule has 1 spiro atoms. The summed E-state index contributed by atoms with van der Waals surface area (Å²) in [5, 5.41) is 0.739. The lowest BCUT2D eigenvalue weighted by Gasteiger charge is -2.46. The van der Waals surface area contributed by atoms with Crippen molar-refractivity contribution in [2.75, 3.05) is 37.5 Å². The van der Waals surface area contributed by atoms with Gasteiger partial charge in [0.05, 0.1) is 36.3 Å². The van der Waals surface area contributed by atoms with Crippen LogP contribution >= 0.6 is 11.6 Å². The van der Waals surface area contributed by atoms with Crippen LogP contribution in [0.2, 0.25) is 5.02 Å². The van der Waals surface area contributed by atoms with Crippen molar-refractivity contribution in [3.63, 3.8) is 0 Å². The molecule has 2 aliphatic heterocycles. The predicted octanol–water partition coefficient (Wildman–Crippen LogP) is 5.88. The number of aryl methyl sites for hydroxylation is 1. The summed E-state index contributed by atoms with van der Waals surface area (Å²) in [4.78, 5) is 37.4. The fraction of sp³-hybridized carbons (Fsp3) is 0.459. The van der Waals surface area contributed by atoms with Crippen molar-refractivity contribution >= 4 is 39.0 Å². The third-order valence-corrected chi connectivity index (χ3v) is 12.6. The van der Waals surface area contributed by atoms with Gasteiger partial charge in [0.2, 0.25) is 5.91 Å². The first-order valence-corrected chi connectivity index (χ1v) is 19.2. The fourth-order valence-electron chi connectivity index (χ4n) is 7.91. The van der Waals surface area contributed by atoms with Crippen molar-refractivity contribution in [3.8, 4) is 5.75 Å². The molecule has 1 fully saturated rings. The molecule has 10 nitrogen and oxygen atoms in total. The number of fused-ring (bicyclic) bond motifs is 4.